The van der Waals surface area contributed by atoms with E-state index < -0.39 is 5.41 Å². The number of carbonyl (C=O) groups is 3. The average molecular weight is 475 g/mol. The summed E-state index contributed by atoms with van der Waals surface area (Å²) in [6.45, 7) is 6.66. The summed E-state index contributed by atoms with van der Waals surface area (Å²) in [6, 6.07) is 23.0. The number of Topliss-reactive ketones (excluding diaryl/α,β-unsaturated/α-hetero) is 3. The van der Waals surface area contributed by atoms with E-state index in [2.05, 4.69) is 6.92 Å². The molecule has 0 N–H and O–H groups in total. The lowest BCUT2D eigenvalue weighted by molar-refractivity contribution is -0.119. The first-order chi connectivity index (χ1) is 16.7. The maximum atomic E-state index is 11.3. The van der Waals surface area contributed by atoms with Crippen LogP contribution in [0.4, 0.5) is 0 Å². The van der Waals surface area contributed by atoms with Crippen LogP contribution in [0.1, 0.15) is 44.4 Å². The lowest BCUT2D eigenvalue weighted by Gasteiger charge is -2.32. The number of rotatable bonds is 12. The standard InChI is InChI=1S/C29H30O6/c1-20(30)17-33-26-11-5-23(6-12-26)29(4,24-7-13-27(14-8-24)34-18-21(2)31)25-9-15-28(16-10-25)35-19-22(3)32/h5-16H,17-19H2,1-4H3. The van der Waals surface area contributed by atoms with E-state index in [4.69, 9.17) is 14.2 Å². The van der Waals surface area contributed by atoms with Crippen LogP contribution in [0, 0.1) is 0 Å². The van der Waals surface area contributed by atoms with Crippen LogP contribution in [-0.4, -0.2) is 37.2 Å². The van der Waals surface area contributed by atoms with Gasteiger partial charge in [-0.15, -0.1) is 0 Å². The van der Waals surface area contributed by atoms with Gasteiger partial charge in [-0.05, 0) is 80.8 Å². The molecule has 0 aliphatic carbocycles. The molecular weight excluding hydrogens is 444 g/mol. The molecule has 0 heterocycles. The number of carbonyl (C=O) groups excluding carboxylic acids is 3. The molecule has 6 nitrogen and oxygen atoms in total. The van der Waals surface area contributed by atoms with E-state index in [0.717, 1.165) is 16.7 Å². The Morgan fingerprint density at radius 2 is 0.743 bits per heavy atom. The molecule has 0 aromatic heterocycles. The molecule has 0 bridgehead atoms. The van der Waals surface area contributed by atoms with Crippen molar-refractivity contribution < 1.29 is 28.6 Å². The van der Waals surface area contributed by atoms with Gasteiger partial charge in [0.2, 0.25) is 0 Å². The minimum Gasteiger partial charge on any atom is -0.486 e. The van der Waals surface area contributed by atoms with Crippen molar-refractivity contribution >= 4 is 17.3 Å². The Balaban J connectivity index is 1.97. The fourth-order valence-electron chi connectivity index (χ4n) is 3.71. The highest BCUT2D eigenvalue weighted by molar-refractivity contribution is 5.77. The third-order valence-electron chi connectivity index (χ3n) is 5.62. The van der Waals surface area contributed by atoms with Crippen molar-refractivity contribution in [3.05, 3.63) is 89.5 Å². The Hall–Kier alpha value is -3.93. The topological polar surface area (TPSA) is 78.9 Å². The number of ketones is 3. The van der Waals surface area contributed by atoms with Gasteiger partial charge in [-0.3, -0.25) is 14.4 Å². The average Bonchev–Trinajstić information content (AvgIpc) is 2.85. The summed E-state index contributed by atoms with van der Waals surface area (Å²) < 4.78 is 16.6. The van der Waals surface area contributed by atoms with Gasteiger partial charge < -0.3 is 14.2 Å². The Morgan fingerprint density at radius 3 is 0.943 bits per heavy atom. The van der Waals surface area contributed by atoms with Crippen molar-refractivity contribution in [1.29, 1.82) is 0 Å². The summed E-state index contributed by atoms with van der Waals surface area (Å²) in [5.41, 5.74) is 2.50. The van der Waals surface area contributed by atoms with Gasteiger partial charge in [0.25, 0.3) is 0 Å². The lowest BCUT2D eigenvalue weighted by atomic mass is 9.71. The summed E-state index contributed by atoms with van der Waals surface area (Å²) in [6.07, 6.45) is 0. The Morgan fingerprint density at radius 1 is 0.514 bits per heavy atom. The SMILES string of the molecule is CC(=O)COc1ccc(C(C)(c2ccc(OCC(C)=O)cc2)c2ccc(OCC(C)=O)cc2)cc1. The first-order valence-electron chi connectivity index (χ1n) is 11.4. The molecule has 0 saturated carbocycles. The number of ether oxygens (including phenoxy) is 3. The van der Waals surface area contributed by atoms with Crippen LogP contribution in [0.25, 0.3) is 0 Å². The van der Waals surface area contributed by atoms with Crippen molar-refractivity contribution in [1.82, 2.24) is 0 Å². The molecule has 0 amide bonds. The van der Waals surface area contributed by atoms with Gasteiger partial charge in [0.05, 0.1) is 0 Å². The minimum absolute atomic E-state index is 0.0278. The molecule has 0 fully saturated rings. The lowest BCUT2D eigenvalue weighted by Crippen LogP contribution is -2.25. The summed E-state index contributed by atoms with van der Waals surface area (Å²) in [5, 5.41) is 0. The third-order valence-corrected chi connectivity index (χ3v) is 5.62. The number of benzene rings is 3. The van der Waals surface area contributed by atoms with Crippen molar-refractivity contribution in [2.75, 3.05) is 19.8 Å². The van der Waals surface area contributed by atoms with Gasteiger partial charge >= 0.3 is 0 Å². The molecule has 6 heteroatoms. The summed E-state index contributed by atoms with van der Waals surface area (Å²) in [5.74, 6) is 1.72. The van der Waals surface area contributed by atoms with Crippen LogP contribution in [-0.2, 0) is 19.8 Å². The van der Waals surface area contributed by atoms with Gasteiger partial charge in [-0.25, -0.2) is 0 Å². The van der Waals surface area contributed by atoms with Crippen LogP contribution >= 0.6 is 0 Å². The zero-order chi connectivity index (χ0) is 25.4. The molecule has 3 aromatic rings. The van der Waals surface area contributed by atoms with Crippen LogP contribution in [0.3, 0.4) is 0 Å². The molecule has 182 valence electrons. The molecule has 3 aromatic carbocycles. The molecule has 0 unspecified atom stereocenters. The molecule has 0 aliphatic rings. The summed E-state index contributed by atoms with van der Waals surface area (Å²) in [4.78, 5) is 33.8. The van der Waals surface area contributed by atoms with E-state index in [1.54, 1.807) is 0 Å². The first kappa shape index (κ1) is 25.7. The van der Waals surface area contributed by atoms with Crippen LogP contribution in [0.2, 0.25) is 0 Å². The van der Waals surface area contributed by atoms with Crippen molar-refractivity contribution in [3.8, 4) is 17.2 Å². The van der Waals surface area contributed by atoms with E-state index in [1.807, 2.05) is 72.8 Å². The second-order valence-electron chi connectivity index (χ2n) is 8.67. The Bertz CT molecular complexity index is 1010. The quantitative estimate of drug-likeness (QED) is 0.346. The highest BCUT2D eigenvalue weighted by Crippen LogP contribution is 2.40. The monoisotopic (exact) mass is 474 g/mol. The second-order valence-corrected chi connectivity index (χ2v) is 8.67. The highest BCUT2D eigenvalue weighted by atomic mass is 16.5. The molecule has 35 heavy (non-hydrogen) atoms. The largest absolute Gasteiger partial charge is 0.486 e. The van der Waals surface area contributed by atoms with Gasteiger partial charge in [0, 0.05) is 5.41 Å². The summed E-state index contributed by atoms with van der Waals surface area (Å²) in [7, 11) is 0. The zero-order valence-corrected chi connectivity index (χ0v) is 20.5. The van der Waals surface area contributed by atoms with Crippen LogP contribution < -0.4 is 14.2 Å². The van der Waals surface area contributed by atoms with Crippen molar-refractivity contribution in [3.63, 3.8) is 0 Å². The molecule has 3 rings (SSSR count). The number of hydrogen-bond donors (Lipinski definition) is 0. The van der Waals surface area contributed by atoms with Crippen LogP contribution in [0.5, 0.6) is 17.2 Å². The predicted octanol–water partition coefficient (Wildman–Crippen LogP) is 4.94. The summed E-state index contributed by atoms with van der Waals surface area (Å²) >= 11 is 0. The fraction of sp³-hybridized carbons (Fsp3) is 0.276. The molecule has 0 atom stereocenters. The highest BCUT2D eigenvalue weighted by Gasteiger charge is 2.31. The van der Waals surface area contributed by atoms with Gasteiger partial charge in [-0.2, -0.15) is 0 Å². The van der Waals surface area contributed by atoms with E-state index in [1.165, 1.54) is 20.8 Å². The maximum Gasteiger partial charge on any atom is 0.167 e. The van der Waals surface area contributed by atoms with Crippen molar-refractivity contribution in [2.24, 2.45) is 0 Å². The fourth-order valence-corrected chi connectivity index (χ4v) is 3.71. The van der Waals surface area contributed by atoms with Crippen LogP contribution in [0.15, 0.2) is 72.8 Å². The predicted molar refractivity (Wildman–Crippen MR) is 133 cm³/mol. The van der Waals surface area contributed by atoms with E-state index in [-0.39, 0.29) is 37.2 Å². The van der Waals surface area contributed by atoms with E-state index in [9.17, 15) is 14.4 Å². The Kier molecular flexibility index (Phi) is 8.42. The molecule has 0 aliphatic heterocycles. The van der Waals surface area contributed by atoms with Crippen molar-refractivity contribution in [2.45, 2.75) is 33.1 Å². The molecule has 0 saturated heterocycles. The molecule has 0 spiro atoms. The smallest absolute Gasteiger partial charge is 0.167 e. The number of hydrogen-bond acceptors (Lipinski definition) is 6. The third kappa shape index (κ3) is 6.79. The van der Waals surface area contributed by atoms with Gasteiger partial charge in [0.1, 0.15) is 37.1 Å². The molecular formula is C29H30O6. The normalized spacial score (nSPS) is 11.0. The zero-order valence-electron chi connectivity index (χ0n) is 20.5. The van der Waals surface area contributed by atoms with Gasteiger partial charge in [0.15, 0.2) is 17.3 Å². The minimum atomic E-state index is -0.544. The first-order valence-corrected chi connectivity index (χ1v) is 11.4. The second kappa shape index (κ2) is 11.5. The van der Waals surface area contributed by atoms with E-state index >= 15 is 0 Å². The Labute approximate surface area is 205 Å². The maximum absolute atomic E-state index is 11.3. The molecule has 0 radical (unpaired) electrons. The van der Waals surface area contributed by atoms with E-state index in [0.29, 0.717) is 17.2 Å². The van der Waals surface area contributed by atoms with Gasteiger partial charge in [-0.1, -0.05) is 36.4 Å².